The van der Waals surface area contributed by atoms with Crippen molar-refractivity contribution in [2.45, 2.75) is 13.2 Å². The predicted molar refractivity (Wildman–Crippen MR) is 148 cm³/mol. The summed E-state index contributed by atoms with van der Waals surface area (Å²) in [6, 6.07) is 16.2. The monoisotopic (exact) mass is 531 g/mol. The molecule has 0 spiro atoms. The first-order valence-electron chi connectivity index (χ1n) is 12.7. The third-order valence-electron chi connectivity index (χ3n) is 6.53. The summed E-state index contributed by atoms with van der Waals surface area (Å²) in [7, 11) is 3.21. The molecule has 0 saturated carbocycles. The van der Waals surface area contributed by atoms with Crippen molar-refractivity contribution in [1.29, 1.82) is 0 Å². The maximum absolute atomic E-state index is 12.9. The summed E-state index contributed by atoms with van der Waals surface area (Å²) < 4.78 is 10.4. The minimum absolute atomic E-state index is 0.0941. The van der Waals surface area contributed by atoms with Gasteiger partial charge in [-0.25, -0.2) is 0 Å². The fourth-order valence-electron chi connectivity index (χ4n) is 4.49. The quantitative estimate of drug-likeness (QED) is 0.414. The molecule has 204 valence electrons. The molecule has 0 atom stereocenters. The van der Waals surface area contributed by atoms with E-state index in [2.05, 4.69) is 20.5 Å². The highest BCUT2D eigenvalue weighted by molar-refractivity contribution is 6.08. The molecule has 0 bridgehead atoms. The van der Waals surface area contributed by atoms with Gasteiger partial charge in [0.1, 0.15) is 0 Å². The topological polar surface area (TPSA) is 113 Å². The fourth-order valence-corrected chi connectivity index (χ4v) is 4.49. The van der Waals surface area contributed by atoms with E-state index in [4.69, 9.17) is 9.47 Å². The number of aromatic nitrogens is 1. The van der Waals surface area contributed by atoms with Gasteiger partial charge in [0.05, 0.1) is 25.3 Å². The second kappa shape index (κ2) is 13.5. The lowest BCUT2D eigenvalue weighted by atomic mass is 10.0. The van der Waals surface area contributed by atoms with E-state index in [-0.39, 0.29) is 24.3 Å². The van der Waals surface area contributed by atoms with Crippen molar-refractivity contribution >= 4 is 29.1 Å². The van der Waals surface area contributed by atoms with Gasteiger partial charge in [0.25, 0.3) is 11.8 Å². The van der Waals surface area contributed by atoms with Crippen molar-refractivity contribution in [3.05, 3.63) is 89.2 Å². The number of benzene rings is 2. The molecule has 4 rings (SSSR count). The van der Waals surface area contributed by atoms with Crippen LogP contribution in [0.15, 0.2) is 67.0 Å². The van der Waals surface area contributed by atoms with Gasteiger partial charge in [-0.15, -0.1) is 0 Å². The highest BCUT2D eigenvalue weighted by Crippen LogP contribution is 2.23. The molecule has 10 heteroatoms. The van der Waals surface area contributed by atoms with Crippen LogP contribution in [0.5, 0.6) is 0 Å². The smallest absolute Gasteiger partial charge is 0.257 e. The number of ether oxygens (including phenoxy) is 2. The Morgan fingerprint density at radius 2 is 1.54 bits per heavy atom. The van der Waals surface area contributed by atoms with Gasteiger partial charge in [-0.3, -0.25) is 19.4 Å². The van der Waals surface area contributed by atoms with E-state index in [1.54, 1.807) is 61.8 Å². The molecule has 2 aromatic carbocycles. The van der Waals surface area contributed by atoms with Gasteiger partial charge in [-0.2, -0.15) is 0 Å². The van der Waals surface area contributed by atoms with Crippen LogP contribution in [0.4, 0.5) is 11.4 Å². The Kier molecular flexibility index (Phi) is 9.60. The number of nitrogens with zero attached hydrogens (tertiary/aromatic N) is 3. The Labute approximate surface area is 227 Å². The molecule has 2 N–H and O–H groups in total. The predicted octanol–water partition coefficient (Wildman–Crippen LogP) is 2.71. The van der Waals surface area contributed by atoms with E-state index in [9.17, 15) is 14.4 Å². The van der Waals surface area contributed by atoms with Crippen LogP contribution >= 0.6 is 0 Å². The summed E-state index contributed by atoms with van der Waals surface area (Å²) in [5, 5.41) is 5.64. The molecule has 0 unspecified atom stereocenters. The minimum atomic E-state index is -0.322. The number of methoxy groups -OCH3 is 2. The van der Waals surface area contributed by atoms with Crippen molar-refractivity contribution < 1.29 is 23.9 Å². The standard InChI is InChI=1S/C29H33N5O5/c1-38-19-22-8-7-21(17-23(22)20-39-2)28(36)31-18-27(35)34-15-13-33(14-16-34)26-6-4-3-5-25(26)29(37)32-24-9-11-30-12-10-24/h3-12,17H,13-16,18-20H2,1-2H3,(H,31,36)(H,30,32,37). The number of anilines is 2. The van der Waals surface area contributed by atoms with E-state index in [0.717, 1.165) is 16.8 Å². The van der Waals surface area contributed by atoms with Crippen molar-refractivity contribution in [2.24, 2.45) is 0 Å². The second-order valence-corrected chi connectivity index (χ2v) is 9.11. The molecule has 1 saturated heterocycles. The third-order valence-corrected chi connectivity index (χ3v) is 6.53. The first kappa shape index (κ1) is 27.7. The second-order valence-electron chi connectivity index (χ2n) is 9.11. The summed E-state index contributed by atoms with van der Waals surface area (Å²) in [6.07, 6.45) is 3.24. The maximum Gasteiger partial charge on any atom is 0.257 e. The van der Waals surface area contributed by atoms with Crippen molar-refractivity contribution in [1.82, 2.24) is 15.2 Å². The van der Waals surface area contributed by atoms with Gasteiger partial charge in [0, 0.05) is 69.7 Å². The zero-order valence-electron chi connectivity index (χ0n) is 22.2. The van der Waals surface area contributed by atoms with E-state index in [1.165, 1.54) is 0 Å². The molecule has 3 amide bonds. The number of nitrogens with one attached hydrogen (secondary N) is 2. The largest absolute Gasteiger partial charge is 0.380 e. The van der Waals surface area contributed by atoms with Crippen LogP contribution in [0.1, 0.15) is 31.8 Å². The van der Waals surface area contributed by atoms with Crippen molar-refractivity contribution in [2.75, 3.05) is 57.2 Å². The average molecular weight is 532 g/mol. The van der Waals surface area contributed by atoms with Gasteiger partial charge in [0.2, 0.25) is 5.91 Å². The van der Waals surface area contributed by atoms with Crippen molar-refractivity contribution in [3.8, 4) is 0 Å². The lowest BCUT2D eigenvalue weighted by Crippen LogP contribution is -2.51. The number of pyridine rings is 1. The maximum atomic E-state index is 12.9. The number of hydrogen-bond donors (Lipinski definition) is 2. The number of piperazine rings is 1. The number of hydrogen-bond acceptors (Lipinski definition) is 7. The molecule has 2 heterocycles. The van der Waals surface area contributed by atoms with Crippen LogP contribution in [-0.2, 0) is 27.5 Å². The Balaban J connectivity index is 1.31. The summed E-state index contributed by atoms with van der Waals surface area (Å²) in [6.45, 7) is 2.80. The molecule has 39 heavy (non-hydrogen) atoms. The Morgan fingerprint density at radius 3 is 2.26 bits per heavy atom. The molecular formula is C29H33N5O5. The molecule has 0 aliphatic carbocycles. The van der Waals surface area contributed by atoms with Gasteiger partial charge in [0.15, 0.2) is 0 Å². The summed E-state index contributed by atoms with van der Waals surface area (Å²) in [5.74, 6) is -0.681. The van der Waals surface area contributed by atoms with E-state index in [0.29, 0.717) is 56.2 Å². The number of rotatable bonds is 10. The summed E-state index contributed by atoms with van der Waals surface area (Å²) in [5.41, 5.74) is 4.31. The molecule has 3 aromatic rings. The minimum Gasteiger partial charge on any atom is -0.380 e. The van der Waals surface area contributed by atoms with Crippen LogP contribution in [0.3, 0.4) is 0 Å². The first-order valence-corrected chi connectivity index (χ1v) is 12.7. The lowest BCUT2D eigenvalue weighted by Gasteiger charge is -2.37. The van der Waals surface area contributed by atoms with Crippen LogP contribution in [0, 0.1) is 0 Å². The Bertz CT molecular complexity index is 1290. The molecule has 10 nitrogen and oxygen atoms in total. The Morgan fingerprint density at radius 1 is 0.846 bits per heavy atom. The Hall–Kier alpha value is -4.28. The average Bonchev–Trinajstić information content (AvgIpc) is 2.97. The molecule has 1 aliphatic rings. The molecule has 1 aliphatic heterocycles. The van der Waals surface area contributed by atoms with Crippen LogP contribution < -0.4 is 15.5 Å². The van der Waals surface area contributed by atoms with Crippen LogP contribution in [0.2, 0.25) is 0 Å². The highest BCUT2D eigenvalue weighted by atomic mass is 16.5. The zero-order valence-corrected chi connectivity index (χ0v) is 22.2. The number of amides is 3. The first-order chi connectivity index (χ1) is 19.0. The van der Waals surface area contributed by atoms with E-state index in [1.807, 2.05) is 24.3 Å². The zero-order chi connectivity index (χ0) is 27.6. The van der Waals surface area contributed by atoms with Crippen LogP contribution in [-0.4, -0.2) is 74.5 Å². The molecule has 1 fully saturated rings. The van der Waals surface area contributed by atoms with Crippen LogP contribution in [0.25, 0.3) is 0 Å². The van der Waals surface area contributed by atoms with Gasteiger partial charge >= 0.3 is 0 Å². The van der Waals surface area contributed by atoms with E-state index >= 15 is 0 Å². The summed E-state index contributed by atoms with van der Waals surface area (Å²) >= 11 is 0. The van der Waals surface area contributed by atoms with E-state index < -0.39 is 0 Å². The fraction of sp³-hybridized carbons (Fsp3) is 0.310. The molecular weight excluding hydrogens is 498 g/mol. The number of carbonyl (C=O) groups is 3. The number of para-hydroxylation sites is 1. The number of carbonyl (C=O) groups excluding carboxylic acids is 3. The lowest BCUT2D eigenvalue weighted by molar-refractivity contribution is -0.130. The third kappa shape index (κ3) is 7.18. The van der Waals surface area contributed by atoms with Gasteiger partial charge in [-0.05, 0) is 47.5 Å². The molecule has 1 aromatic heterocycles. The SMILES string of the molecule is COCc1ccc(C(=O)NCC(=O)N2CCN(c3ccccc3C(=O)Nc3ccncc3)CC2)cc1COC. The van der Waals surface area contributed by atoms with Crippen molar-refractivity contribution in [3.63, 3.8) is 0 Å². The normalized spacial score (nSPS) is 13.2. The highest BCUT2D eigenvalue weighted by Gasteiger charge is 2.24. The molecule has 0 radical (unpaired) electrons. The summed E-state index contributed by atoms with van der Waals surface area (Å²) in [4.78, 5) is 46.3. The van der Waals surface area contributed by atoms with Gasteiger partial charge in [-0.1, -0.05) is 18.2 Å². The van der Waals surface area contributed by atoms with Gasteiger partial charge < -0.3 is 29.9 Å².